The lowest BCUT2D eigenvalue weighted by Gasteiger charge is -2.29. The maximum absolute atomic E-state index is 12.4. The Morgan fingerprint density at radius 3 is 2.38 bits per heavy atom. The van der Waals surface area contributed by atoms with Crippen molar-refractivity contribution < 1.29 is 24.1 Å². The van der Waals surface area contributed by atoms with Crippen LogP contribution in [0.5, 0.6) is 11.5 Å². The van der Waals surface area contributed by atoms with Crippen LogP contribution in [0, 0.1) is 6.92 Å². The quantitative estimate of drug-likeness (QED) is 0.600. The molecule has 1 amide bonds. The summed E-state index contributed by atoms with van der Waals surface area (Å²) in [5.74, 6) is 1.85. The zero-order valence-corrected chi connectivity index (χ0v) is 17.7. The highest BCUT2D eigenvalue weighted by molar-refractivity contribution is 5.91. The van der Waals surface area contributed by atoms with Crippen LogP contribution in [0.25, 0.3) is 0 Å². The van der Waals surface area contributed by atoms with Gasteiger partial charge in [-0.1, -0.05) is 11.6 Å². The first kappa shape index (κ1) is 21.1. The molecule has 0 spiro atoms. The topological polar surface area (TPSA) is 56.4 Å². The Hall–Kier alpha value is -2.57. The summed E-state index contributed by atoms with van der Waals surface area (Å²) in [6.07, 6.45) is 0. The molecule has 3 rings (SSSR count). The Labute approximate surface area is 173 Å². The second-order valence-electron chi connectivity index (χ2n) is 7.67. The zero-order valence-electron chi connectivity index (χ0n) is 17.7. The van der Waals surface area contributed by atoms with Crippen molar-refractivity contribution in [3.8, 4) is 11.5 Å². The summed E-state index contributed by atoms with van der Waals surface area (Å²) in [4.78, 5) is 15.3. The molecule has 29 heavy (non-hydrogen) atoms. The summed E-state index contributed by atoms with van der Waals surface area (Å²) >= 11 is 0. The third-order valence-corrected chi connectivity index (χ3v) is 5.40. The fourth-order valence-corrected chi connectivity index (χ4v) is 3.86. The third-order valence-electron chi connectivity index (χ3n) is 5.40. The Morgan fingerprint density at radius 2 is 1.72 bits per heavy atom. The van der Waals surface area contributed by atoms with Crippen LogP contribution in [-0.2, 0) is 11.3 Å². The number of carbonyl (C=O) groups is 1. The summed E-state index contributed by atoms with van der Waals surface area (Å²) in [6, 6.07) is 13.9. The Morgan fingerprint density at radius 1 is 1.03 bits per heavy atom. The maximum atomic E-state index is 12.4. The van der Waals surface area contributed by atoms with Crippen LogP contribution in [0.1, 0.15) is 18.1 Å². The maximum Gasteiger partial charge on any atom is 0.279 e. The van der Waals surface area contributed by atoms with Gasteiger partial charge in [0.25, 0.3) is 5.91 Å². The van der Waals surface area contributed by atoms with E-state index in [2.05, 4.69) is 30.4 Å². The number of piperazine rings is 1. The van der Waals surface area contributed by atoms with Gasteiger partial charge in [0.2, 0.25) is 0 Å². The lowest BCUT2D eigenvalue weighted by molar-refractivity contribution is -1.02. The van der Waals surface area contributed by atoms with E-state index in [-0.39, 0.29) is 5.91 Å². The van der Waals surface area contributed by atoms with Crippen molar-refractivity contribution in [2.45, 2.75) is 20.4 Å². The molecule has 0 unspecified atom stereocenters. The molecule has 1 saturated heterocycles. The Bertz CT molecular complexity index is 800. The molecule has 1 fully saturated rings. The van der Waals surface area contributed by atoms with Gasteiger partial charge >= 0.3 is 0 Å². The van der Waals surface area contributed by atoms with Gasteiger partial charge in [-0.3, -0.25) is 4.79 Å². The number of aryl methyl sites for hydroxylation is 1. The van der Waals surface area contributed by atoms with Gasteiger partial charge in [-0.2, -0.15) is 0 Å². The van der Waals surface area contributed by atoms with Gasteiger partial charge in [-0.25, -0.2) is 0 Å². The average molecular weight is 400 g/mol. The molecule has 1 heterocycles. The average Bonchev–Trinajstić information content (AvgIpc) is 2.71. The van der Waals surface area contributed by atoms with Crippen LogP contribution in [0.3, 0.4) is 0 Å². The molecule has 6 heteroatoms. The van der Waals surface area contributed by atoms with E-state index in [1.807, 2.05) is 31.2 Å². The monoisotopic (exact) mass is 399 g/mol. The summed E-state index contributed by atoms with van der Waals surface area (Å²) in [7, 11) is 1.73. The highest BCUT2D eigenvalue weighted by Gasteiger charge is 2.25. The molecule has 0 atom stereocenters. The first-order valence-electron chi connectivity index (χ1n) is 10.4. The molecule has 0 bridgehead atoms. The molecule has 0 radical (unpaired) electrons. The van der Waals surface area contributed by atoms with Crippen LogP contribution in [-0.4, -0.2) is 52.3 Å². The molecular weight excluding hydrogens is 366 g/mol. The van der Waals surface area contributed by atoms with Crippen LogP contribution < -0.4 is 24.6 Å². The predicted octanol–water partition coefficient (Wildman–Crippen LogP) is 0.324. The lowest BCUT2D eigenvalue weighted by atomic mass is 10.1. The molecule has 6 nitrogen and oxygen atoms in total. The van der Waals surface area contributed by atoms with Gasteiger partial charge in [-0.15, -0.1) is 0 Å². The zero-order chi connectivity index (χ0) is 20.6. The van der Waals surface area contributed by atoms with Crippen molar-refractivity contribution in [3.63, 3.8) is 0 Å². The van der Waals surface area contributed by atoms with E-state index < -0.39 is 0 Å². The highest BCUT2D eigenvalue weighted by atomic mass is 16.5. The number of hydrogen-bond acceptors (Lipinski definition) is 3. The molecular formula is C23H33N3O3+2. The second-order valence-corrected chi connectivity index (χ2v) is 7.67. The summed E-state index contributed by atoms with van der Waals surface area (Å²) in [5.41, 5.74) is 3.34. The van der Waals surface area contributed by atoms with E-state index in [4.69, 9.17) is 9.47 Å². The molecule has 3 N–H and O–H groups in total. The predicted molar refractivity (Wildman–Crippen MR) is 114 cm³/mol. The van der Waals surface area contributed by atoms with Gasteiger partial charge in [-0.05, 0) is 50.2 Å². The van der Waals surface area contributed by atoms with Gasteiger partial charge < -0.3 is 24.6 Å². The molecule has 156 valence electrons. The van der Waals surface area contributed by atoms with Gasteiger partial charge in [0.15, 0.2) is 6.54 Å². The third kappa shape index (κ3) is 6.21. The summed E-state index contributed by atoms with van der Waals surface area (Å²) in [5, 5.41) is 2.99. The van der Waals surface area contributed by atoms with Gasteiger partial charge in [0.05, 0.1) is 13.7 Å². The first-order chi connectivity index (χ1) is 14.1. The number of carbonyl (C=O) groups excluding carboxylic acids is 1. The van der Waals surface area contributed by atoms with Crippen molar-refractivity contribution in [3.05, 3.63) is 53.6 Å². The van der Waals surface area contributed by atoms with Crippen LogP contribution >= 0.6 is 0 Å². The minimum absolute atomic E-state index is 0.0629. The number of benzene rings is 2. The number of nitrogens with one attached hydrogen (secondary N) is 3. The van der Waals surface area contributed by atoms with Crippen molar-refractivity contribution in [2.24, 2.45) is 0 Å². The number of ether oxygens (including phenoxy) is 2. The van der Waals surface area contributed by atoms with E-state index in [0.717, 1.165) is 49.9 Å². The molecule has 2 aromatic rings. The Balaban J connectivity index is 1.44. The molecule has 0 saturated carbocycles. The standard InChI is InChI=1S/C23H31N3O3/c1-4-29-21-8-6-20(7-9-21)24-23(27)17-26-13-11-25(12-14-26)16-19-15-18(2)5-10-22(19)28-3/h5-10,15H,4,11-14,16-17H2,1-3H3,(H,24,27)/p+2. The van der Waals surface area contributed by atoms with E-state index in [0.29, 0.717) is 13.2 Å². The number of amides is 1. The lowest BCUT2D eigenvalue weighted by Crippen LogP contribution is -3.28. The smallest absolute Gasteiger partial charge is 0.279 e. The molecule has 1 aliphatic heterocycles. The fraction of sp³-hybridized carbons (Fsp3) is 0.435. The van der Waals surface area contributed by atoms with Crippen molar-refractivity contribution in [1.29, 1.82) is 0 Å². The fourth-order valence-electron chi connectivity index (χ4n) is 3.86. The largest absolute Gasteiger partial charge is 0.496 e. The number of rotatable bonds is 8. The van der Waals surface area contributed by atoms with Crippen molar-refractivity contribution >= 4 is 11.6 Å². The van der Waals surface area contributed by atoms with E-state index in [1.165, 1.54) is 16.0 Å². The Kier molecular flexibility index (Phi) is 7.49. The van der Waals surface area contributed by atoms with Crippen LogP contribution in [0.15, 0.2) is 42.5 Å². The minimum Gasteiger partial charge on any atom is -0.496 e. The molecule has 1 aliphatic rings. The first-order valence-corrected chi connectivity index (χ1v) is 10.4. The van der Waals surface area contributed by atoms with Crippen molar-refractivity contribution in [2.75, 3.05) is 51.8 Å². The summed E-state index contributed by atoms with van der Waals surface area (Å²) in [6.45, 7) is 10.3. The minimum atomic E-state index is 0.0629. The van der Waals surface area contributed by atoms with Crippen LogP contribution in [0.2, 0.25) is 0 Å². The molecule has 2 aromatic carbocycles. The van der Waals surface area contributed by atoms with E-state index >= 15 is 0 Å². The number of anilines is 1. The number of quaternary nitrogens is 2. The number of hydrogen-bond donors (Lipinski definition) is 3. The highest BCUT2D eigenvalue weighted by Crippen LogP contribution is 2.18. The normalized spacial score (nSPS) is 18.9. The second kappa shape index (κ2) is 10.3. The van der Waals surface area contributed by atoms with E-state index in [1.54, 1.807) is 12.0 Å². The van der Waals surface area contributed by atoms with Crippen LogP contribution in [0.4, 0.5) is 5.69 Å². The molecule has 0 aromatic heterocycles. The number of methoxy groups -OCH3 is 1. The molecule has 0 aliphatic carbocycles. The van der Waals surface area contributed by atoms with E-state index in [9.17, 15) is 4.79 Å². The van der Waals surface area contributed by atoms with Crippen molar-refractivity contribution in [1.82, 2.24) is 0 Å². The van der Waals surface area contributed by atoms with Gasteiger partial charge in [0, 0.05) is 11.3 Å². The summed E-state index contributed by atoms with van der Waals surface area (Å²) < 4.78 is 10.9. The van der Waals surface area contributed by atoms with Gasteiger partial charge in [0.1, 0.15) is 44.2 Å². The SMILES string of the molecule is CCOc1ccc(NC(=O)C[NH+]2CC[NH+](Cc3cc(C)ccc3OC)CC2)cc1.